The first-order valence-corrected chi connectivity index (χ1v) is 5.13. The molecule has 1 atom stereocenters. The van der Waals surface area contributed by atoms with Crippen LogP contribution in [0.1, 0.15) is 30.7 Å². The molecule has 14 heavy (non-hydrogen) atoms. The Morgan fingerprint density at radius 1 is 1.29 bits per heavy atom. The molecule has 0 amide bonds. The van der Waals surface area contributed by atoms with Crippen LogP contribution >= 0.6 is 0 Å². The fraction of sp³-hybridized carbons (Fsp3) is 0.385. The standard InChI is InChI=1S/C13H15N/c1-2-13(10-4-3-5-10)11-6-8-12(14)9-7-11/h1,6-10,13H,3-5,14H2. The van der Waals surface area contributed by atoms with E-state index in [1.54, 1.807) is 0 Å². The summed E-state index contributed by atoms with van der Waals surface area (Å²) in [5, 5.41) is 0. The SMILES string of the molecule is C#CC(c1ccc(N)cc1)C1CCC1. The normalized spacial score (nSPS) is 18.2. The van der Waals surface area contributed by atoms with Crippen molar-refractivity contribution in [2.45, 2.75) is 25.2 Å². The molecule has 1 aliphatic rings. The maximum Gasteiger partial charge on any atom is 0.0477 e. The zero-order valence-corrected chi connectivity index (χ0v) is 8.24. The molecule has 1 unspecified atom stereocenters. The second-order valence-electron chi connectivity index (χ2n) is 4.00. The number of rotatable bonds is 2. The van der Waals surface area contributed by atoms with Gasteiger partial charge < -0.3 is 5.73 Å². The van der Waals surface area contributed by atoms with Crippen molar-refractivity contribution >= 4 is 5.69 Å². The van der Waals surface area contributed by atoms with E-state index in [0.717, 1.165) is 5.69 Å². The maximum atomic E-state index is 5.64. The second-order valence-corrected chi connectivity index (χ2v) is 4.00. The molecule has 1 fully saturated rings. The van der Waals surface area contributed by atoms with Gasteiger partial charge in [0.1, 0.15) is 0 Å². The Hall–Kier alpha value is -1.42. The Morgan fingerprint density at radius 3 is 2.36 bits per heavy atom. The van der Waals surface area contributed by atoms with Crippen molar-refractivity contribution in [1.82, 2.24) is 0 Å². The van der Waals surface area contributed by atoms with E-state index in [1.807, 2.05) is 12.1 Å². The maximum absolute atomic E-state index is 5.64. The molecule has 0 aromatic heterocycles. The summed E-state index contributed by atoms with van der Waals surface area (Å²) < 4.78 is 0. The molecular weight excluding hydrogens is 170 g/mol. The van der Waals surface area contributed by atoms with Gasteiger partial charge in [0.25, 0.3) is 0 Å². The van der Waals surface area contributed by atoms with Gasteiger partial charge in [-0.1, -0.05) is 24.5 Å². The summed E-state index contributed by atoms with van der Waals surface area (Å²) in [6, 6.07) is 7.97. The molecule has 1 aromatic carbocycles. The van der Waals surface area contributed by atoms with Crippen molar-refractivity contribution in [2.75, 3.05) is 5.73 Å². The first kappa shape index (κ1) is 9.15. The molecule has 0 radical (unpaired) electrons. The van der Waals surface area contributed by atoms with Crippen LogP contribution in [0.2, 0.25) is 0 Å². The van der Waals surface area contributed by atoms with Gasteiger partial charge in [0, 0.05) is 11.6 Å². The molecule has 1 aliphatic carbocycles. The van der Waals surface area contributed by atoms with Crippen molar-refractivity contribution < 1.29 is 0 Å². The monoisotopic (exact) mass is 185 g/mol. The lowest BCUT2D eigenvalue weighted by Gasteiger charge is -2.30. The van der Waals surface area contributed by atoms with Crippen LogP contribution in [-0.2, 0) is 0 Å². The zero-order chi connectivity index (χ0) is 9.97. The van der Waals surface area contributed by atoms with E-state index in [1.165, 1.54) is 24.8 Å². The fourth-order valence-electron chi connectivity index (χ4n) is 1.98. The predicted octanol–water partition coefficient (Wildman–Crippen LogP) is 2.79. The van der Waals surface area contributed by atoms with Gasteiger partial charge in [-0.15, -0.1) is 6.42 Å². The Labute approximate surface area is 85.3 Å². The van der Waals surface area contributed by atoms with Crippen LogP contribution in [0.25, 0.3) is 0 Å². The number of nitrogens with two attached hydrogens (primary N) is 1. The molecule has 72 valence electrons. The largest absolute Gasteiger partial charge is 0.399 e. The third-order valence-electron chi connectivity index (χ3n) is 3.10. The van der Waals surface area contributed by atoms with Crippen LogP contribution in [0.15, 0.2) is 24.3 Å². The molecule has 0 saturated heterocycles. The molecule has 1 aromatic rings. The van der Waals surface area contributed by atoms with Crippen LogP contribution < -0.4 is 5.73 Å². The average Bonchev–Trinajstić information content (AvgIpc) is 2.13. The van der Waals surface area contributed by atoms with E-state index in [4.69, 9.17) is 12.2 Å². The minimum Gasteiger partial charge on any atom is -0.399 e. The Bertz CT molecular complexity index is 340. The lowest BCUT2D eigenvalue weighted by atomic mass is 9.73. The minimum absolute atomic E-state index is 0.296. The third kappa shape index (κ3) is 1.61. The molecule has 0 heterocycles. The van der Waals surface area contributed by atoms with Crippen LogP contribution in [0.5, 0.6) is 0 Å². The highest BCUT2D eigenvalue weighted by molar-refractivity contribution is 5.42. The molecule has 0 bridgehead atoms. The van der Waals surface area contributed by atoms with Gasteiger partial charge in [0.15, 0.2) is 0 Å². The quantitative estimate of drug-likeness (QED) is 0.556. The summed E-state index contributed by atoms with van der Waals surface area (Å²) in [4.78, 5) is 0. The van der Waals surface area contributed by atoms with Gasteiger partial charge in [-0.3, -0.25) is 0 Å². The predicted molar refractivity (Wildman–Crippen MR) is 59.8 cm³/mol. The highest BCUT2D eigenvalue weighted by Crippen LogP contribution is 2.38. The Kier molecular flexibility index (Phi) is 2.45. The van der Waals surface area contributed by atoms with Crippen molar-refractivity contribution in [1.29, 1.82) is 0 Å². The molecular formula is C13H15N. The van der Waals surface area contributed by atoms with Gasteiger partial charge >= 0.3 is 0 Å². The van der Waals surface area contributed by atoms with Gasteiger partial charge in [-0.05, 0) is 36.5 Å². The molecule has 1 saturated carbocycles. The van der Waals surface area contributed by atoms with E-state index in [2.05, 4.69) is 18.1 Å². The first-order chi connectivity index (χ1) is 6.81. The van der Waals surface area contributed by atoms with Crippen LogP contribution in [0, 0.1) is 18.3 Å². The minimum atomic E-state index is 0.296. The smallest absolute Gasteiger partial charge is 0.0477 e. The lowest BCUT2D eigenvalue weighted by molar-refractivity contribution is 0.293. The molecule has 2 rings (SSSR count). The van der Waals surface area contributed by atoms with Crippen molar-refractivity contribution in [3.8, 4) is 12.3 Å². The Morgan fingerprint density at radius 2 is 1.93 bits per heavy atom. The molecule has 1 nitrogen and oxygen atoms in total. The van der Waals surface area contributed by atoms with E-state index in [9.17, 15) is 0 Å². The summed E-state index contributed by atoms with van der Waals surface area (Å²) >= 11 is 0. The highest BCUT2D eigenvalue weighted by Gasteiger charge is 2.26. The summed E-state index contributed by atoms with van der Waals surface area (Å²) in [5.41, 5.74) is 7.69. The van der Waals surface area contributed by atoms with Gasteiger partial charge in [-0.2, -0.15) is 0 Å². The number of nitrogen functional groups attached to an aromatic ring is 1. The van der Waals surface area contributed by atoms with Gasteiger partial charge in [0.2, 0.25) is 0 Å². The molecule has 0 spiro atoms. The number of terminal acetylenes is 1. The zero-order valence-electron chi connectivity index (χ0n) is 8.24. The van der Waals surface area contributed by atoms with E-state index in [-0.39, 0.29) is 0 Å². The van der Waals surface area contributed by atoms with E-state index < -0.39 is 0 Å². The van der Waals surface area contributed by atoms with Crippen LogP contribution in [0.3, 0.4) is 0 Å². The fourth-order valence-corrected chi connectivity index (χ4v) is 1.98. The van der Waals surface area contributed by atoms with E-state index in [0.29, 0.717) is 11.8 Å². The average molecular weight is 185 g/mol. The number of anilines is 1. The second kappa shape index (κ2) is 3.75. The summed E-state index contributed by atoms with van der Waals surface area (Å²) in [5.74, 6) is 3.89. The highest BCUT2D eigenvalue weighted by atomic mass is 14.5. The number of hydrogen-bond donors (Lipinski definition) is 1. The number of benzene rings is 1. The first-order valence-electron chi connectivity index (χ1n) is 5.13. The van der Waals surface area contributed by atoms with E-state index >= 15 is 0 Å². The van der Waals surface area contributed by atoms with Crippen molar-refractivity contribution in [3.63, 3.8) is 0 Å². The van der Waals surface area contributed by atoms with Gasteiger partial charge in [0.05, 0.1) is 0 Å². The topological polar surface area (TPSA) is 26.0 Å². The van der Waals surface area contributed by atoms with Crippen LogP contribution in [-0.4, -0.2) is 0 Å². The van der Waals surface area contributed by atoms with Crippen LogP contribution in [0.4, 0.5) is 5.69 Å². The van der Waals surface area contributed by atoms with Gasteiger partial charge in [-0.25, -0.2) is 0 Å². The third-order valence-corrected chi connectivity index (χ3v) is 3.10. The summed E-state index contributed by atoms with van der Waals surface area (Å²) in [6.45, 7) is 0. The van der Waals surface area contributed by atoms with Crippen molar-refractivity contribution in [2.24, 2.45) is 5.92 Å². The number of hydrogen-bond acceptors (Lipinski definition) is 1. The molecule has 1 heteroatoms. The van der Waals surface area contributed by atoms with Crippen molar-refractivity contribution in [3.05, 3.63) is 29.8 Å². The molecule has 2 N–H and O–H groups in total. The molecule has 0 aliphatic heterocycles. The summed E-state index contributed by atoms with van der Waals surface area (Å²) in [7, 11) is 0. The summed E-state index contributed by atoms with van der Waals surface area (Å²) in [6.07, 6.45) is 9.46. The lowest BCUT2D eigenvalue weighted by Crippen LogP contribution is -2.19. The Balaban J connectivity index is 2.19.